The minimum absolute atomic E-state index is 0.158. The van der Waals surface area contributed by atoms with Gasteiger partial charge in [-0.05, 0) is 30.3 Å². The van der Waals surface area contributed by atoms with Crippen LogP contribution in [0.1, 0.15) is 11.3 Å². The predicted octanol–water partition coefficient (Wildman–Crippen LogP) is 4.22. The molecule has 0 bridgehead atoms. The third-order valence-electron chi connectivity index (χ3n) is 3.10. The summed E-state index contributed by atoms with van der Waals surface area (Å²) in [6.07, 6.45) is -1.82. The third-order valence-corrected chi connectivity index (χ3v) is 3.10. The molecule has 1 aromatic carbocycles. The Morgan fingerprint density at radius 2 is 1.88 bits per heavy atom. The first kappa shape index (κ1) is 16.4. The van der Waals surface area contributed by atoms with Crippen LogP contribution in [0, 0.1) is 11.3 Å². The van der Waals surface area contributed by atoms with Gasteiger partial charge >= 0.3 is 6.18 Å². The number of benzene rings is 1. The Hall–Kier alpha value is -3.47. The van der Waals surface area contributed by atoms with Crippen LogP contribution < -0.4 is 4.74 Å². The standard InChI is InChI=1S/C17H9F3N4O/c18-17(19,20)14-8-15(25-13-5-1-3-11(7-13)9-21)24-16(23-14)12-4-2-6-22-10-12/h1-8,10H. The first-order valence-electron chi connectivity index (χ1n) is 7.00. The van der Waals surface area contributed by atoms with Crippen molar-refractivity contribution in [2.45, 2.75) is 6.18 Å². The maximum Gasteiger partial charge on any atom is 0.433 e. The Morgan fingerprint density at radius 3 is 2.56 bits per heavy atom. The summed E-state index contributed by atoms with van der Waals surface area (Å²) >= 11 is 0. The van der Waals surface area contributed by atoms with E-state index in [1.54, 1.807) is 24.3 Å². The van der Waals surface area contributed by atoms with Crippen LogP contribution >= 0.6 is 0 Å². The van der Waals surface area contributed by atoms with Crippen LogP contribution in [-0.4, -0.2) is 15.0 Å². The van der Waals surface area contributed by atoms with Crippen LogP contribution in [0.15, 0.2) is 54.9 Å². The fourth-order valence-electron chi connectivity index (χ4n) is 2.00. The summed E-state index contributed by atoms with van der Waals surface area (Å²) in [5.74, 6) is -0.242. The second-order valence-corrected chi connectivity index (χ2v) is 4.90. The van der Waals surface area contributed by atoms with Gasteiger partial charge in [0.05, 0.1) is 11.6 Å². The first-order chi connectivity index (χ1) is 12.0. The number of pyridine rings is 1. The van der Waals surface area contributed by atoms with Crippen LogP contribution in [0.3, 0.4) is 0 Å². The van der Waals surface area contributed by atoms with E-state index in [0.29, 0.717) is 17.2 Å². The molecule has 0 aliphatic rings. The van der Waals surface area contributed by atoms with Gasteiger partial charge in [0.2, 0.25) is 5.88 Å². The average molecular weight is 342 g/mol. The molecule has 2 aromatic heterocycles. The molecule has 0 atom stereocenters. The zero-order valence-electron chi connectivity index (χ0n) is 12.5. The minimum atomic E-state index is -4.66. The highest BCUT2D eigenvalue weighted by molar-refractivity contribution is 5.54. The van der Waals surface area contributed by atoms with E-state index < -0.39 is 11.9 Å². The molecule has 124 valence electrons. The second kappa shape index (κ2) is 6.57. The lowest BCUT2D eigenvalue weighted by Crippen LogP contribution is -2.10. The van der Waals surface area contributed by atoms with E-state index in [1.807, 2.05) is 6.07 Å². The highest BCUT2D eigenvalue weighted by Gasteiger charge is 2.34. The molecule has 0 fully saturated rings. The second-order valence-electron chi connectivity index (χ2n) is 4.90. The van der Waals surface area contributed by atoms with Crippen LogP contribution in [0.5, 0.6) is 11.6 Å². The molecule has 0 saturated heterocycles. The number of nitriles is 1. The van der Waals surface area contributed by atoms with Crippen LogP contribution in [0.25, 0.3) is 11.4 Å². The van der Waals surface area contributed by atoms with Gasteiger partial charge in [0.25, 0.3) is 0 Å². The van der Waals surface area contributed by atoms with E-state index in [9.17, 15) is 13.2 Å². The number of hydrogen-bond acceptors (Lipinski definition) is 5. The Labute approximate surface area is 140 Å². The van der Waals surface area contributed by atoms with Crippen LogP contribution in [-0.2, 0) is 6.18 Å². The molecular formula is C17H9F3N4O. The molecule has 0 N–H and O–H groups in total. The van der Waals surface area contributed by atoms with E-state index in [0.717, 1.165) is 0 Å². The molecule has 5 nitrogen and oxygen atoms in total. The van der Waals surface area contributed by atoms with Crippen molar-refractivity contribution >= 4 is 0 Å². The molecule has 2 heterocycles. The molecule has 0 amide bonds. The molecule has 0 spiro atoms. The minimum Gasteiger partial charge on any atom is -0.439 e. The Balaban J connectivity index is 2.05. The Kier molecular flexibility index (Phi) is 4.31. The quantitative estimate of drug-likeness (QED) is 0.712. The first-order valence-corrected chi connectivity index (χ1v) is 7.00. The van der Waals surface area contributed by atoms with Crippen molar-refractivity contribution in [1.29, 1.82) is 5.26 Å². The van der Waals surface area contributed by atoms with Gasteiger partial charge in [0.15, 0.2) is 11.5 Å². The molecule has 0 radical (unpaired) electrons. The predicted molar refractivity (Wildman–Crippen MR) is 81.5 cm³/mol. The van der Waals surface area contributed by atoms with E-state index in [2.05, 4.69) is 15.0 Å². The number of hydrogen-bond donors (Lipinski definition) is 0. The van der Waals surface area contributed by atoms with Gasteiger partial charge in [-0.15, -0.1) is 0 Å². The summed E-state index contributed by atoms with van der Waals surface area (Å²) in [7, 11) is 0. The highest BCUT2D eigenvalue weighted by atomic mass is 19.4. The Morgan fingerprint density at radius 1 is 1.04 bits per heavy atom. The van der Waals surface area contributed by atoms with Crippen LogP contribution in [0.2, 0.25) is 0 Å². The number of aromatic nitrogens is 3. The fourth-order valence-corrected chi connectivity index (χ4v) is 2.00. The van der Waals surface area contributed by atoms with E-state index in [1.165, 1.54) is 24.5 Å². The van der Waals surface area contributed by atoms with Crippen molar-refractivity contribution in [2.75, 3.05) is 0 Å². The molecule has 0 aliphatic carbocycles. The van der Waals surface area contributed by atoms with E-state index >= 15 is 0 Å². The SMILES string of the molecule is N#Cc1cccc(Oc2cc(C(F)(F)F)nc(-c3cccnc3)n2)c1. The summed E-state index contributed by atoms with van der Waals surface area (Å²) in [6.45, 7) is 0. The summed E-state index contributed by atoms with van der Waals surface area (Å²) in [4.78, 5) is 11.4. The number of halogens is 3. The van der Waals surface area contributed by atoms with Crippen molar-refractivity contribution in [3.63, 3.8) is 0 Å². The van der Waals surface area contributed by atoms with Gasteiger partial charge in [0.1, 0.15) is 5.75 Å². The van der Waals surface area contributed by atoms with Crippen molar-refractivity contribution in [3.8, 4) is 29.1 Å². The summed E-state index contributed by atoms with van der Waals surface area (Å²) < 4.78 is 44.7. The van der Waals surface area contributed by atoms with Gasteiger partial charge in [-0.2, -0.15) is 23.4 Å². The van der Waals surface area contributed by atoms with Gasteiger partial charge in [-0.3, -0.25) is 4.98 Å². The maximum atomic E-state index is 13.1. The molecule has 8 heteroatoms. The summed E-state index contributed by atoms with van der Waals surface area (Å²) in [6, 6.07) is 11.8. The zero-order chi connectivity index (χ0) is 17.9. The molecule has 3 aromatic rings. The monoisotopic (exact) mass is 342 g/mol. The third kappa shape index (κ3) is 3.90. The Bertz CT molecular complexity index is 937. The number of alkyl halides is 3. The van der Waals surface area contributed by atoms with Crippen LogP contribution in [0.4, 0.5) is 13.2 Å². The van der Waals surface area contributed by atoms with Crippen molar-refractivity contribution in [1.82, 2.24) is 15.0 Å². The normalized spacial score (nSPS) is 11.0. The van der Waals surface area contributed by atoms with Gasteiger partial charge in [-0.1, -0.05) is 6.07 Å². The summed E-state index contributed by atoms with van der Waals surface area (Å²) in [5, 5.41) is 8.88. The fraction of sp³-hybridized carbons (Fsp3) is 0.0588. The van der Waals surface area contributed by atoms with Crippen molar-refractivity contribution in [2.24, 2.45) is 0 Å². The lowest BCUT2D eigenvalue weighted by atomic mass is 10.2. The van der Waals surface area contributed by atoms with Gasteiger partial charge in [-0.25, -0.2) is 4.98 Å². The highest BCUT2D eigenvalue weighted by Crippen LogP contribution is 2.32. The van der Waals surface area contributed by atoms with E-state index in [-0.39, 0.29) is 17.5 Å². The summed E-state index contributed by atoms with van der Waals surface area (Å²) in [5.41, 5.74) is -0.493. The molecule has 0 unspecified atom stereocenters. The topological polar surface area (TPSA) is 71.7 Å². The molecule has 0 saturated carbocycles. The largest absolute Gasteiger partial charge is 0.439 e. The lowest BCUT2D eigenvalue weighted by Gasteiger charge is -2.11. The molecular weight excluding hydrogens is 333 g/mol. The average Bonchev–Trinajstić information content (AvgIpc) is 2.61. The number of rotatable bonds is 3. The molecule has 0 aliphatic heterocycles. The molecule has 3 rings (SSSR count). The zero-order valence-corrected chi connectivity index (χ0v) is 12.5. The van der Waals surface area contributed by atoms with E-state index in [4.69, 9.17) is 10.00 Å². The maximum absolute atomic E-state index is 13.1. The van der Waals surface area contributed by atoms with Crippen molar-refractivity contribution < 1.29 is 17.9 Å². The van der Waals surface area contributed by atoms with Crippen molar-refractivity contribution in [3.05, 3.63) is 66.1 Å². The number of ether oxygens (including phenoxy) is 1. The lowest BCUT2D eigenvalue weighted by molar-refractivity contribution is -0.141. The number of nitrogens with zero attached hydrogens (tertiary/aromatic N) is 4. The van der Waals surface area contributed by atoms with Gasteiger partial charge in [0, 0.05) is 24.0 Å². The molecule has 25 heavy (non-hydrogen) atoms. The smallest absolute Gasteiger partial charge is 0.433 e. The van der Waals surface area contributed by atoms with Gasteiger partial charge < -0.3 is 4.74 Å².